The summed E-state index contributed by atoms with van der Waals surface area (Å²) in [4.78, 5) is 21.8. The van der Waals surface area contributed by atoms with Crippen LogP contribution in [0.4, 0.5) is 11.6 Å². The van der Waals surface area contributed by atoms with E-state index >= 15 is 0 Å². The van der Waals surface area contributed by atoms with Crippen molar-refractivity contribution in [3.63, 3.8) is 0 Å². The van der Waals surface area contributed by atoms with Crippen LogP contribution in [-0.2, 0) is 9.53 Å². The number of aromatic nitrogens is 2. The third-order valence-corrected chi connectivity index (χ3v) is 2.61. The molecule has 1 aromatic heterocycles. The molecule has 1 aromatic rings. The lowest BCUT2D eigenvalue weighted by molar-refractivity contribution is -0.119. The van der Waals surface area contributed by atoms with Crippen molar-refractivity contribution in [3.8, 4) is 0 Å². The highest BCUT2D eigenvalue weighted by Crippen LogP contribution is 2.12. The van der Waals surface area contributed by atoms with Gasteiger partial charge in [-0.2, -0.15) is 0 Å². The lowest BCUT2D eigenvalue weighted by atomic mass is 10.4. The fraction of sp³-hybridized carbons (Fsp3) is 0.615. The summed E-state index contributed by atoms with van der Waals surface area (Å²) in [5.74, 6) is 1.41. The first-order valence-electron chi connectivity index (χ1n) is 6.70. The Labute approximate surface area is 119 Å². The fourth-order valence-electron chi connectivity index (χ4n) is 1.55. The van der Waals surface area contributed by atoms with Crippen molar-refractivity contribution >= 4 is 17.5 Å². The Hall–Kier alpha value is -1.89. The molecule has 0 aliphatic carbocycles. The van der Waals surface area contributed by atoms with Gasteiger partial charge in [0.2, 0.25) is 5.91 Å². The molecule has 7 nitrogen and oxygen atoms in total. The van der Waals surface area contributed by atoms with Crippen LogP contribution in [0.2, 0.25) is 0 Å². The Bertz CT molecular complexity index is 414. The molecule has 0 bridgehead atoms. The highest BCUT2D eigenvalue weighted by Gasteiger charge is 2.09. The maximum absolute atomic E-state index is 11.7. The monoisotopic (exact) mass is 281 g/mol. The largest absolute Gasteiger partial charge is 0.383 e. The number of hydrogen-bond donors (Lipinski definition) is 2. The fourth-order valence-corrected chi connectivity index (χ4v) is 1.55. The molecule has 0 aliphatic heterocycles. The number of anilines is 2. The maximum Gasteiger partial charge on any atom is 0.239 e. The van der Waals surface area contributed by atoms with E-state index < -0.39 is 0 Å². The third kappa shape index (κ3) is 5.83. The van der Waals surface area contributed by atoms with Gasteiger partial charge in [0.05, 0.1) is 13.2 Å². The Morgan fingerprint density at radius 2 is 2.20 bits per heavy atom. The second-order valence-electron chi connectivity index (χ2n) is 4.39. The maximum atomic E-state index is 11.7. The van der Waals surface area contributed by atoms with Crippen molar-refractivity contribution in [1.82, 2.24) is 15.3 Å². The SMILES string of the molecule is CCCNc1cc(N(C)CC(=O)NCCOC)ncn1. The summed E-state index contributed by atoms with van der Waals surface area (Å²) in [7, 11) is 3.42. The normalized spacial score (nSPS) is 10.2. The van der Waals surface area contributed by atoms with Crippen LogP contribution in [0, 0.1) is 0 Å². The first kappa shape index (κ1) is 16.2. The molecule has 1 amide bonds. The molecule has 0 radical (unpaired) electrons. The summed E-state index contributed by atoms with van der Waals surface area (Å²) in [6.07, 6.45) is 2.52. The average molecular weight is 281 g/mol. The summed E-state index contributed by atoms with van der Waals surface area (Å²) in [5, 5.41) is 5.96. The second kappa shape index (κ2) is 9.08. The average Bonchev–Trinajstić information content (AvgIpc) is 2.45. The minimum Gasteiger partial charge on any atom is -0.383 e. The number of nitrogens with zero attached hydrogens (tertiary/aromatic N) is 3. The summed E-state index contributed by atoms with van der Waals surface area (Å²) in [6.45, 7) is 4.21. The molecular weight excluding hydrogens is 258 g/mol. The van der Waals surface area contributed by atoms with Gasteiger partial charge in [0.15, 0.2) is 0 Å². The van der Waals surface area contributed by atoms with Gasteiger partial charge in [-0.05, 0) is 6.42 Å². The Morgan fingerprint density at radius 3 is 2.90 bits per heavy atom. The number of ether oxygens (including phenoxy) is 1. The van der Waals surface area contributed by atoms with E-state index in [0.717, 1.165) is 18.8 Å². The van der Waals surface area contributed by atoms with E-state index in [1.54, 1.807) is 12.0 Å². The number of amides is 1. The van der Waals surface area contributed by atoms with Crippen molar-refractivity contribution < 1.29 is 9.53 Å². The summed E-state index contributed by atoms with van der Waals surface area (Å²) >= 11 is 0. The second-order valence-corrected chi connectivity index (χ2v) is 4.39. The zero-order chi connectivity index (χ0) is 14.8. The van der Waals surface area contributed by atoms with Crippen LogP contribution in [0.5, 0.6) is 0 Å². The number of rotatable bonds is 9. The van der Waals surface area contributed by atoms with Gasteiger partial charge in [-0.15, -0.1) is 0 Å². The lowest BCUT2D eigenvalue weighted by Gasteiger charge is -2.18. The van der Waals surface area contributed by atoms with Gasteiger partial charge in [-0.3, -0.25) is 4.79 Å². The molecule has 7 heteroatoms. The van der Waals surface area contributed by atoms with Crippen LogP contribution in [0.3, 0.4) is 0 Å². The van der Waals surface area contributed by atoms with Gasteiger partial charge in [0.25, 0.3) is 0 Å². The summed E-state index contributed by atoms with van der Waals surface area (Å²) in [5.41, 5.74) is 0. The van der Waals surface area contributed by atoms with Crippen molar-refractivity contribution in [1.29, 1.82) is 0 Å². The molecule has 0 aromatic carbocycles. The lowest BCUT2D eigenvalue weighted by Crippen LogP contribution is -2.37. The molecule has 2 N–H and O–H groups in total. The molecule has 0 fully saturated rings. The molecule has 0 saturated carbocycles. The molecule has 0 saturated heterocycles. The zero-order valence-electron chi connectivity index (χ0n) is 12.3. The van der Waals surface area contributed by atoms with Gasteiger partial charge in [0.1, 0.15) is 18.0 Å². The van der Waals surface area contributed by atoms with Crippen LogP contribution in [0.25, 0.3) is 0 Å². The van der Waals surface area contributed by atoms with E-state index in [9.17, 15) is 4.79 Å². The number of likely N-dealkylation sites (N-methyl/N-ethyl adjacent to an activating group) is 1. The first-order chi connectivity index (χ1) is 9.67. The Kier molecular flexibility index (Phi) is 7.34. The minimum absolute atomic E-state index is 0.0637. The molecule has 0 atom stereocenters. The highest BCUT2D eigenvalue weighted by molar-refractivity contribution is 5.80. The van der Waals surface area contributed by atoms with Gasteiger partial charge >= 0.3 is 0 Å². The quantitative estimate of drug-likeness (QED) is 0.642. The number of methoxy groups -OCH3 is 1. The van der Waals surface area contributed by atoms with Gasteiger partial charge in [0, 0.05) is 33.3 Å². The van der Waals surface area contributed by atoms with Crippen molar-refractivity contribution in [2.75, 3.05) is 50.6 Å². The first-order valence-corrected chi connectivity index (χ1v) is 6.70. The number of carbonyl (C=O) groups is 1. The van der Waals surface area contributed by atoms with Crippen LogP contribution in [0.15, 0.2) is 12.4 Å². The van der Waals surface area contributed by atoms with E-state index in [1.807, 2.05) is 13.1 Å². The van der Waals surface area contributed by atoms with Gasteiger partial charge in [-0.1, -0.05) is 6.92 Å². The number of carbonyl (C=O) groups excluding carboxylic acids is 1. The van der Waals surface area contributed by atoms with E-state index in [0.29, 0.717) is 19.0 Å². The predicted octanol–water partition coefficient (Wildman–Crippen LogP) is 0.497. The Balaban J connectivity index is 2.49. The van der Waals surface area contributed by atoms with Crippen molar-refractivity contribution in [3.05, 3.63) is 12.4 Å². The van der Waals surface area contributed by atoms with Crippen LogP contribution >= 0.6 is 0 Å². The molecule has 1 heterocycles. The molecule has 112 valence electrons. The van der Waals surface area contributed by atoms with Gasteiger partial charge in [-0.25, -0.2) is 9.97 Å². The molecule has 0 unspecified atom stereocenters. The highest BCUT2D eigenvalue weighted by atomic mass is 16.5. The van der Waals surface area contributed by atoms with Crippen molar-refractivity contribution in [2.24, 2.45) is 0 Å². The molecule has 20 heavy (non-hydrogen) atoms. The zero-order valence-corrected chi connectivity index (χ0v) is 12.3. The molecule has 0 aliphatic rings. The van der Waals surface area contributed by atoms with E-state index in [-0.39, 0.29) is 12.5 Å². The van der Waals surface area contributed by atoms with E-state index in [2.05, 4.69) is 27.5 Å². The standard InChI is InChI=1S/C13H23N5O2/c1-4-5-14-11-8-12(17-10-16-11)18(2)9-13(19)15-6-7-20-3/h8,10H,4-7,9H2,1-3H3,(H,15,19)(H,14,16,17). The van der Waals surface area contributed by atoms with E-state index in [1.165, 1.54) is 6.33 Å². The number of hydrogen-bond acceptors (Lipinski definition) is 6. The number of nitrogens with one attached hydrogen (secondary N) is 2. The molecule has 0 spiro atoms. The molecule has 1 rings (SSSR count). The van der Waals surface area contributed by atoms with Gasteiger partial charge < -0.3 is 20.3 Å². The van der Waals surface area contributed by atoms with Crippen LogP contribution in [-0.4, -0.2) is 56.3 Å². The minimum atomic E-state index is -0.0637. The Morgan fingerprint density at radius 1 is 1.40 bits per heavy atom. The predicted molar refractivity (Wildman–Crippen MR) is 79.0 cm³/mol. The van der Waals surface area contributed by atoms with Crippen molar-refractivity contribution in [2.45, 2.75) is 13.3 Å². The topological polar surface area (TPSA) is 79.4 Å². The molecular formula is C13H23N5O2. The smallest absolute Gasteiger partial charge is 0.239 e. The van der Waals surface area contributed by atoms with E-state index in [4.69, 9.17) is 4.74 Å². The van der Waals surface area contributed by atoms with Crippen LogP contribution < -0.4 is 15.5 Å². The third-order valence-electron chi connectivity index (χ3n) is 2.61. The summed E-state index contributed by atoms with van der Waals surface area (Å²) in [6, 6.07) is 1.83. The summed E-state index contributed by atoms with van der Waals surface area (Å²) < 4.78 is 4.88. The van der Waals surface area contributed by atoms with Crippen LogP contribution in [0.1, 0.15) is 13.3 Å².